The largest absolute Gasteiger partial charge is 0.363 e. The van der Waals surface area contributed by atoms with Gasteiger partial charge >= 0.3 is 0 Å². The van der Waals surface area contributed by atoms with E-state index < -0.39 is 0 Å². The fraction of sp³-hybridized carbons (Fsp3) is 0.952. The van der Waals surface area contributed by atoms with Crippen LogP contribution in [-0.2, 0) is 0 Å². The number of likely N-dealkylation sites (tertiary alicyclic amines) is 1. The molecule has 0 aromatic rings. The van der Waals surface area contributed by atoms with Gasteiger partial charge in [-0.1, -0.05) is 70.9 Å². The zero-order chi connectivity index (χ0) is 17.9. The normalized spacial score (nSPS) is 36.5. The quantitative estimate of drug-likeness (QED) is 0.479. The van der Waals surface area contributed by atoms with Gasteiger partial charge in [-0.15, -0.1) is 0 Å². The minimum atomic E-state index is 0.474. The van der Waals surface area contributed by atoms with Crippen LogP contribution in [0.1, 0.15) is 86.0 Å². The number of thiocarbonyl (C=S) groups is 1. The molecule has 1 aliphatic carbocycles. The van der Waals surface area contributed by atoms with E-state index in [0.29, 0.717) is 17.4 Å². The summed E-state index contributed by atoms with van der Waals surface area (Å²) in [5.74, 6) is 3.10. The second-order valence-electron chi connectivity index (χ2n) is 9.74. The van der Waals surface area contributed by atoms with E-state index in [2.05, 4.69) is 47.4 Å². The van der Waals surface area contributed by atoms with Crippen molar-refractivity contribution in [2.45, 2.75) is 97.8 Å². The van der Waals surface area contributed by atoms with E-state index in [1.165, 1.54) is 62.9 Å². The zero-order valence-corrected chi connectivity index (χ0v) is 17.9. The van der Waals surface area contributed by atoms with Crippen molar-refractivity contribution in [3.05, 3.63) is 0 Å². The lowest BCUT2D eigenvalue weighted by atomic mass is 9.61. The van der Waals surface area contributed by atoms with Crippen molar-refractivity contribution in [3.63, 3.8) is 0 Å². The fourth-order valence-electron chi connectivity index (χ4n) is 5.23. The maximum absolute atomic E-state index is 6.01. The number of hydrogen-bond donors (Lipinski definition) is 0. The van der Waals surface area contributed by atoms with Crippen LogP contribution in [0.3, 0.4) is 0 Å². The molecule has 138 valence electrons. The van der Waals surface area contributed by atoms with Crippen LogP contribution in [0.5, 0.6) is 0 Å². The van der Waals surface area contributed by atoms with E-state index in [1.54, 1.807) is 0 Å². The van der Waals surface area contributed by atoms with E-state index in [1.807, 2.05) is 0 Å². The van der Waals surface area contributed by atoms with Crippen molar-refractivity contribution in [2.24, 2.45) is 23.2 Å². The van der Waals surface area contributed by atoms with Gasteiger partial charge in [-0.3, -0.25) is 0 Å². The highest BCUT2D eigenvalue weighted by Crippen LogP contribution is 2.47. The number of piperidine rings is 1. The predicted octanol–water partition coefficient (Wildman–Crippen LogP) is 5.49. The number of nitrogens with zero attached hydrogens (tertiary/aromatic N) is 1. The zero-order valence-electron chi connectivity index (χ0n) is 17.1. The third kappa shape index (κ3) is 4.77. The van der Waals surface area contributed by atoms with Gasteiger partial charge in [-0.05, 0) is 50.4 Å². The lowest BCUT2D eigenvalue weighted by Crippen LogP contribution is -2.48. The highest BCUT2D eigenvalue weighted by Gasteiger charge is 2.40. The van der Waals surface area contributed by atoms with Crippen LogP contribution in [-0.4, -0.2) is 30.3 Å². The van der Waals surface area contributed by atoms with Gasteiger partial charge in [-0.25, -0.2) is 0 Å². The molecule has 1 saturated carbocycles. The van der Waals surface area contributed by atoms with Gasteiger partial charge in [0.2, 0.25) is 0 Å². The van der Waals surface area contributed by atoms with Crippen molar-refractivity contribution in [3.8, 4) is 0 Å². The van der Waals surface area contributed by atoms with Crippen molar-refractivity contribution in [1.29, 1.82) is 0 Å². The highest BCUT2D eigenvalue weighted by atomic mass is 32.1. The second kappa shape index (κ2) is 8.56. The number of hydrogen-bond acceptors (Lipinski definition) is 1. The summed E-state index contributed by atoms with van der Waals surface area (Å²) >= 11 is 6.01. The molecule has 0 bridgehead atoms. The minimum Gasteiger partial charge on any atom is -0.363 e. The summed E-state index contributed by atoms with van der Waals surface area (Å²) in [5, 5.41) is 0. The van der Waals surface area contributed by atoms with Gasteiger partial charge in [0.15, 0.2) is 0 Å². The Balaban J connectivity index is 2.23. The van der Waals surface area contributed by atoms with Crippen LogP contribution in [0.4, 0.5) is 0 Å². The SMILES string of the molecule is BC1CCCCCC2C(=S)N(C(C)C)CCC2CC(C)(C(C)C)C1. The van der Waals surface area contributed by atoms with Crippen LogP contribution in [0.2, 0.25) is 5.82 Å². The van der Waals surface area contributed by atoms with Crippen molar-refractivity contribution >= 4 is 25.1 Å². The Morgan fingerprint density at radius 3 is 2.33 bits per heavy atom. The van der Waals surface area contributed by atoms with Gasteiger partial charge in [0.1, 0.15) is 7.85 Å². The Kier molecular flexibility index (Phi) is 7.23. The first-order valence-corrected chi connectivity index (χ1v) is 11.0. The van der Waals surface area contributed by atoms with Gasteiger partial charge in [0.05, 0.1) is 4.99 Å². The molecule has 1 aliphatic heterocycles. The summed E-state index contributed by atoms with van der Waals surface area (Å²) in [6.07, 6.45) is 11.1. The smallest absolute Gasteiger partial charge is 0.105 e. The molecule has 4 atom stereocenters. The van der Waals surface area contributed by atoms with Crippen LogP contribution in [0.15, 0.2) is 0 Å². The van der Waals surface area contributed by atoms with Crippen molar-refractivity contribution in [1.82, 2.24) is 4.90 Å². The van der Waals surface area contributed by atoms with Crippen molar-refractivity contribution < 1.29 is 0 Å². The summed E-state index contributed by atoms with van der Waals surface area (Å²) < 4.78 is 0. The molecular weight excluding hydrogens is 309 g/mol. The summed E-state index contributed by atoms with van der Waals surface area (Å²) in [6, 6.07) is 0.563. The standard InChI is InChI=1S/C21H40BNS/c1-15(2)21(5)13-17-11-12-23(16(3)4)20(24)19(17)10-8-6-7-9-18(22)14-21/h15-19H,6-14,22H2,1-5H3. The Labute approximate surface area is 157 Å². The molecule has 2 aliphatic rings. The molecule has 1 nitrogen and oxygen atoms in total. The molecule has 1 heterocycles. The second-order valence-corrected chi connectivity index (χ2v) is 10.2. The molecule has 3 heteroatoms. The lowest BCUT2D eigenvalue weighted by molar-refractivity contribution is 0.106. The molecule has 0 N–H and O–H groups in total. The first kappa shape index (κ1) is 20.3. The minimum absolute atomic E-state index is 0.474. The van der Waals surface area contributed by atoms with Crippen LogP contribution < -0.4 is 0 Å². The van der Waals surface area contributed by atoms with Gasteiger partial charge < -0.3 is 4.90 Å². The van der Waals surface area contributed by atoms with Crippen LogP contribution in [0, 0.1) is 23.2 Å². The molecule has 24 heavy (non-hydrogen) atoms. The van der Waals surface area contributed by atoms with E-state index in [4.69, 9.17) is 12.2 Å². The molecule has 0 spiro atoms. The lowest BCUT2D eigenvalue weighted by Gasteiger charge is -2.47. The van der Waals surface area contributed by atoms with E-state index in [0.717, 1.165) is 17.7 Å². The molecule has 4 unspecified atom stereocenters. The van der Waals surface area contributed by atoms with E-state index in [-0.39, 0.29) is 0 Å². The summed E-state index contributed by atoms with van der Waals surface area (Å²) in [7, 11) is 2.49. The third-order valence-electron chi connectivity index (χ3n) is 7.18. The molecule has 1 saturated heterocycles. The Morgan fingerprint density at radius 1 is 1.04 bits per heavy atom. The van der Waals surface area contributed by atoms with Crippen molar-refractivity contribution in [2.75, 3.05) is 6.54 Å². The third-order valence-corrected chi connectivity index (χ3v) is 7.72. The molecule has 0 amide bonds. The van der Waals surface area contributed by atoms with Gasteiger partial charge in [0, 0.05) is 18.5 Å². The molecule has 0 radical (unpaired) electrons. The number of fused-ring (bicyclic) bond motifs is 1. The van der Waals surface area contributed by atoms with Gasteiger partial charge in [0.25, 0.3) is 0 Å². The Hall–Kier alpha value is -0.0451. The average molecular weight is 349 g/mol. The molecule has 0 aromatic heterocycles. The van der Waals surface area contributed by atoms with E-state index >= 15 is 0 Å². The first-order chi connectivity index (χ1) is 11.2. The molecule has 2 rings (SSSR count). The maximum atomic E-state index is 6.01. The first-order valence-electron chi connectivity index (χ1n) is 10.5. The van der Waals surface area contributed by atoms with Crippen LogP contribution in [0.25, 0.3) is 0 Å². The predicted molar refractivity (Wildman–Crippen MR) is 114 cm³/mol. The fourth-order valence-corrected chi connectivity index (χ4v) is 5.85. The Morgan fingerprint density at radius 2 is 1.71 bits per heavy atom. The average Bonchev–Trinajstić information content (AvgIpc) is 2.50. The molecule has 2 fully saturated rings. The van der Waals surface area contributed by atoms with E-state index in [9.17, 15) is 0 Å². The summed E-state index contributed by atoms with van der Waals surface area (Å²) in [5.41, 5.74) is 0.474. The van der Waals surface area contributed by atoms with Crippen LogP contribution >= 0.6 is 12.2 Å². The van der Waals surface area contributed by atoms with Gasteiger partial charge in [-0.2, -0.15) is 0 Å². The summed E-state index contributed by atoms with van der Waals surface area (Å²) in [4.78, 5) is 3.81. The summed E-state index contributed by atoms with van der Waals surface area (Å²) in [6.45, 7) is 13.3. The monoisotopic (exact) mass is 349 g/mol. The maximum Gasteiger partial charge on any atom is 0.105 e. The highest BCUT2D eigenvalue weighted by molar-refractivity contribution is 7.80. The molecule has 0 aromatic carbocycles. The number of rotatable bonds is 2. The Bertz CT molecular complexity index is 422. The molecular formula is C21H40BNS. The topological polar surface area (TPSA) is 3.24 Å².